The molecule has 0 radical (unpaired) electrons. The lowest BCUT2D eigenvalue weighted by molar-refractivity contribution is 0.0684. The van der Waals surface area contributed by atoms with Gasteiger partial charge in [0.1, 0.15) is 4.60 Å². The zero-order valence-corrected chi connectivity index (χ0v) is 8.33. The second kappa shape index (κ2) is 2.87. The molecule has 10 heavy (non-hydrogen) atoms. The molecule has 1 N–H and O–H groups in total. The van der Waals surface area contributed by atoms with Gasteiger partial charge in [0.15, 0.2) is 0 Å². The van der Waals surface area contributed by atoms with Crippen molar-refractivity contribution in [3.05, 3.63) is 16.6 Å². The number of carbonyl (C=O) groups is 1. The third kappa shape index (κ3) is 1.31. The summed E-state index contributed by atoms with van der Waals surface area (Å²) < 4.78 is 2.06. The summed E-state index contributed by atoms with van der Waals surface area (Å²) in [5.74, 6) is -1.01. The van der Waals surface area contributed by atoms with Crippen molar-refractivity contribution < 1.29 is 9.90 Å². The van der Waals surface area contributed by atoms with Gasteiger partial charge < -0.3 is 5.11 Å². The average Bonchev–Trinajstić information content (AvgIpc) is 2.14. The molecule has 0 bridgehead atoms. The Labute approximate surface area is 78.9 Å². The Morgan fingerprint density at radius 3 is 2.70 bits per heavy atom. The molecule has 0 aromatic carbocycles. The fourth-order valence-corrected chi connectivity index (χ4v) is 1.18. The van der Waals surface area contributed by atoms with Crippen molar-refractivity contribution in [2.75, 3.05) is 0 Å². The van der Waals surface area contributed by atoms with E-state index >= 15 is 0 Å². The van der Waals surface area contributed by atoms with Crippen molar-refractivity contribution in [3.63, 3.8) is 0 Å². The smallest absolute Gasteiger partial charge is 0.372 e. The molecule has 0 unspecified atom stereocenters. The Kier molecular flexibility index (Phi) is 2.29. The Morgan fingerprint density at radius 2 is 2.50 bits per heavy atom. The number of aromatic carboxylic acids is 1. The van der Waals surface area contributed by atoms with E-state index in [0.717, 1.165) is 0 Å². The summed E-state index contributed by atoms with van der Waals surface area (Å²) in [5.41, 5.74) is 0. The van der Waals surface area contributed by atoms with E-state index in [4.69, 9.17) is 5.11 Å². The maximum Gasteiger partial charge on any atom is 0.372 e. The van der Waals surface area contributed by atoms with Crippen LogP contribution in [0.2, 0.25) is 0 Å². The summed E-state index contributed by atoms with van der Waals surface area (Å²) in [5, 5.41) is 8.47. The second-order valence-corrected chi connectivity index (χ2v) is 3.27. The number of aromatic nitrogens is 2. The van der Waals surface area contributed by atoms with Gasteiger partial charge in [0, 0.05) is 0 Å². The van der Waals surface area contributed by atoms with Gasteiger partial charge in [-0.15, -0.1) is 0 Å². The van der Waals surface area contributed by atoms with E-state index in [2.05, 4.69) is 20.9 Å². The molecular weight excluding hydrogens is 315 g/mol. The molecule has 6 heteroatoms. The normalized spacial score (nSPS) is 9.80. The van der Waals surface area contributed by atoms with E-state index in [1.165, 1.54) is 8.98 Å². The highest BCUT2D eigenvalue weighted by Gasteiger charge is 2.11. The highest BCUT2D eigenvalue weighted by molar-refractivity contribution is 14.1. The van der Waals surface area contributed by atoms with Crippen LogP contribution in [0.5, 0.6) is 0 Å². The van der Waals surface area contributed by atoms with Gasteiger partial charge in [-0.3, -0.25) is 2.78 Å². The second-order valence-electron chi connectivity index (χ2n) is 1.49. The van der Waals surface area contributed by atoms with Crippen LogP contribution in [0.4, 0.5) is 0 Å². The van der Waals surface area contributed by atoms with Crippen LogP contribution in [0.15, 0.2) is 10.8 Å². The van der Waals surface area contributed by atoms with Gasteiger partial charge in [-0.1, -0.05) is 0 Å². The third-order valence-corrected chi connectivity index (χ3v) is 3.06. The van der Waals surface area contributed by atoms with E-state index in [-0.39, 0.29) is 5.82 Å². The first kappa shape index (κ1) is 7.99. The van der Waals surface area contributed by atoms with Crippen molar-refractivity contribution in [1.82, 2.24) is 7.76 Å². The minimum Gasteiger partial charge on any atom is -0.475 e. The first-order chi connectivity index (χ1) is 4.63. The Balaban J connectivity index is 3.17. The highest BCUT2D eigenvalue weighted by atomic mass is 127. The van der Waals surface area contributed by atoms with E-state index in [9.17, 15) is 4.79 Å². The molecule has 0 saturated heterocycles. The lowest BCUT2D eigenvalue weighted by Gasteiger charge is -1.91. The van der Waals surface area contributed by atoms with Crippen LogP contribution >= 0.6 is 38.8 Å². The molecule has 0 aliphatic heterocycles. The van der Waals surface area contributed by atoms with E-state index in [1.807, 2.05) is 22.9 Å². The standard InChI is InChI=1S/C4H2BrIN2O2/c5-2-1-7-3(4(9)10)8(2)6/h1H,(H,9,10). The van der Waals surface area contributed by atoms with E-state index in [1.54, 1.807) is 0 Å². The van der Waals surface area contributed by atoms with E-state index in [0.29, 0.717) is 4.60 Å². The van der Waals surface area contributed by atoms with Crippen molar-refractivity contribution in [2.24, 2.45) is 0 Å². The first-order valence-corrected chi connectivity index (χ1v) is 4.01. The Morgan fingerprint density at radius 1 is 1.90 bits per heavy atom. The molecule has 0 spiro atoms. The number of hydrogen-bond donors (Lipinski definition) is 1. The van der Waals surface area contributed by atoms with Crippen LogP contribution < -0.4 is 0 Å². The summed E-state index contributed by atoms with van der Waals surface area (Å²) >= 11 is 4.96. The fraction of sp³-hybridized carbons (Fsp3) is 0. The predicted octanol–water partition coefficient (Wildman–Crippen LogP) is 1.54. The largest absolute Gasteiger partial charge is 0.475 e. The molecular formula is C4H2BrIN2O2. The first-order valence-electron chi connectivity index (χ1n) is 2.25. The molecule has 1 aromatic rings. The third-order valence-electron chi connectivity index (χ3n) is 0.858. The molecule has 54 valence electrons. The number of nitrogens with zero attached hydrogens (tertiary/aromatic N) is 2. The van der Waals surface area contributed by atoms with Gasteiger partial charge in [0.2, 0.25) is 5.82 Å². The topological polar surface area (TPSA) is 55.1 Å². The van der Waals surface area contributed by atoms with Gasteiger partial charge >= 0.3 is 5.97 Å². The Hall–Kier alpha value is -0.110. The van der Waals surface area contributed by atoms with Crippen molar-refractivity contribution in [2.45, 2.75) is 0 Å². The van der Waals surface area contributed by atoms with Gasteiger partial charge in [0.05, 0.1) is 29.1 Å². The SMILES string of the molecule is O=C(O)c1ncc(Br)n1I. The lowest BCUT2D eigenvalue weighted by Crippen LogP contribution is -2.02. The molecule has 0 amide bonds. The molecule has 0 aliphatic carbocycles. The van der Waals surface area contributed by atoms with Crippen molar-refractivity contribution in [3.8, 4) is 0 Å². The molecule has 1 rings (SSSR count). The van der Waals surface area contributed by atoms with E-state index < -0.39 is 5.97 Å². The fourth-order valence-electron chi connectivity index (χ4n) is 0.456. The number of carboxylic acid groups (broad SMARTS) is 1. The molecule has 0 fully saturated rings. The van der Waals surface area contributed by atoms with Gasteiger partial charge in [-0.05, 0) is 15.9 Å². The summed E-state index contributed by atoms with van der Waals surface area (Å²) in [6.07, 6.45) is 1.44. The minimum atomic E-state index is -1.03. The van der Waals surface area contributed by atoms with Crippen LogP contribution in [0.3, 0.4) is 0 Å². The molecule has 4 nitrogen and oxygen atoms in total. The number of rotatable bonds is 1. The summed E-state index contributed by atoms with van der Waals surface area (Å²) in [6.45, 7) is 0. The average molecular weight is 317 g/mol. The summed E-state index contributed by atoms with van der Waals surface area (Å²) in [7, 11) is 0. The van der Waals surface area contributed by atoms with Crippen LogP contribution in [-0.2, 0) is 0 Å². The quantitative estimate of drug-likeness (QED) is 0.800. The van der Waals surface area contributed by atoms with Gasteiger partial charge in [-0.25, -0.2) is 9.78 Å². The maximum atomic E-state index is 10.3. The molecule has 1 heterocycles. The van der Waals surface area contributed by atoms with Crippen molar-refractivity contribution in [1.29, 1.82) is 0 Å². The molecule has 1 aromatic heterocycles. The summed E-state index contributed by atoms with van der Waals surface area (Å²) in [4.78, 5) is 13.9. The number of hydrogen-bond acceptors (Lipinski definition) is 2. The highest BCUT2D eigenvalue weighted by Crippen LogP contribution is 2.15. The number of imidazole rings is 1. The van der Waals surface area contributed by atoms with Crippen LogP contribution in [0.1, 0.15) is 10.6 Å². The number of halogens is 2. The van der Waals surface area contributed by atoms with Crippen LogP contribution in [0.25, 0.3) is 0 Å². The summed E-state index contributed by atoms with van der Waals surface area (Å²) in [6, 6.07) is 0. The minimum absolute atomic E-state index is 0.0208. The van der Waals surface area contributed by atoms with Crippen molar-refractivity contribution >= 4 is 44.8 Å². The van der Waals surface area contributed by atoms with Gasteiger partial charge in [0.25, 0.3) is 0 Å². The number of carboxylic acids is 1. The monoisotopic (exact) mass is 316 g/mol. The molecule has 0 atom stereocenters. The maximum absolute atomic E-state index is 10.3. The zero-order valence-electron chi connectivity index (χ0n) is 4.58. The van der Waals surface area contributed by atoms with Crippen LogP contribution in [-0.4, -0.2) is 18.8 Å². The van der Waals surface area contributed by atoms with Crippen LogP contribution in [0, 0.1) is 0 Å². The zero-order chi connectivity index (χ0) is 7.72. The Bertz CT molecular complexity index is 272. The lowest BCUT2D eigenvalue weighted by atomic mass is 10.6. The molecule has 0 saturated carbocycles. The predicted molar refractivity (Wildman–Crippen MR) is 46.3 cm³/mol. The van der Waals surface area contributed by atoms with Gasteiger partial charge in [-0.2, -0.15) is 0 Å². The molecule has 0 aliphatic rings.